The molecule has 1 aromatic heterocycles. The number of rotatable bonds is 4. The smallest absolute Gasteiger partial charge is 0.301 e. The van der Waals surface area contributed by atoms with Crippen LogP contribution in [0.2, 0.25) is 0 Å². The molecule has 2 heterocycles. The number of anilines is 1. The molecule has 1 fully saturated rings. The molecule has 1 saturated heterocycles. The molecule has 1 amide bonds. The molecule has 5 rings (SSSR count). The van der Waals surface area contributed by atoms with Gasteiger partial charge in [0.05, 0.1) is 28.9 Å². The zero-order valence-electron chi connectivity index (χ0n) is 17.7. The van der Waals surface area contributed by atoms with Gasteiger partial charge in [-0.15, -0.1) is 0 Å². The molecule has 170 valence electrons. The number of benzene rings is 3. The Morgan fingerprint density at radius 1 is 1.12 bits per heavy atom. The number of hydrogen-bond donors (Lipinski definition) is 1. The number of hydrogen-bond acceptors (Lipinski definition) is 6. The first kappa shape index (κ1) is 22.2. The molecule has 0 bridgehead atoms. The summed E-state index contributed by atoms with van der Waals surface area (Å²) in [6.45, 7) is 0. The van der Waals surface area contributed by atoms with Gasteiger partial charge in [-0.1, -0.05) is 51.5 Å². The number of carbonyl (C=O) groups excluding carboxylic acids is 2. The number of halogens is 2. The second-order valence-corrected chi connectivity index (χ2v) is 9.49. The number of fused-ring (bicyclic) bond motifs is 1. The highest BCUT2D eigenvalue weighted by Crippen LogP contribution is 2.44. The maximum absolute atomic E-state index is 13.8. The third kappa shape index (κ3) is 3.76. The van der Waals surface area contributed by atoms with E-state index in [1.807, 2.05) is 6.07 Å². The van der Waals surface area contributed by atoms with Crippen molar-refractivity contribution in [1.29, 1.82) is 0 Å². The second kappa shape index (κ2) is 8.66. The number of aliphatic hydroxyl groups excluding tert-OH is 1. The lowest BCUT2D eigenvalue weighted by Gasteiger charge is -2.23. The standard InChI is InChI=1S/C25H16BrFN2O4S/c1-33-17-7-3-5-14(11-17)22(30)20-21(13-4-2-6-15(26)10-13)29(24(32)23(20)31)25-28-18-9-8-16(27)12-19(18)34-25/h2-12,21,30H,1H3/b22-20+. The fourth-order valence-corrected chi connectivity index (χ4v) is 5.37. The van der Waals surface area contributed by atoms with Gasteiger partial charge in [-0.3, -0.25) is 14.5 Å². The number of carbonyl (C=O) groups is 2. The van der Waals surface area contributed by atoms with E-state index in [9.17, 15) is 19.1 Å². The quantitative estimate of drug-likeness (QED) is 0.201. The molecular weight excluding hydrogens is 523 g/mol. The molecule has 6 nitrogen and oxygen atoms in total. The largest absolute Gasteiger partial charge is 0.507 e. The minimum Gasteiger partial charge on any atom is -0.507 e. The van der Waals surface area contributed by atoms with Crippen LogP contribution in [-0.2, 0) is 9.59 Å². The van der Waals surface area contributed by atoms with Crippen LogP contribution in [0.25, 0.3) is 16.0 Å². The van der Waals surface area contributed by atoms with Crippen molar-refractivity contribution in [2.24, 2.45) is 0 Å². The van der Waals surface area contributed by atoms with Gasteiger partial charge in [-0.25, -0.2) is 9.37 Å². The van der Waals surface area contributed by atoms with Crippen molar-refractivity contribution in [3.05, 3.63) is 93.7 Å². The first-order valence-electron chi connectivity index (χ1n) is 10.1. The van der Waals surface area contributed by atoms with Crippen molar-refractivity contribution in [2.45, 2.75) is 6.04 Å². The van der Waals surface area contributed by atoms with Crippen molar-refractivity contribution < 1.29 is 23.8 Å². The molecule has 3 aromatic carbocycles. The summed E-state index contributed by atoms with van der Waals surface area (Å²) in [6.07, 6.45) is 0. The topological polar surface area (TPSA) is 79.7 Å². The fraction of sp³-hybridized carbons (Fsp3) is 0.0800. The molecule has 0 radical (unpaired) electrons. The molecule has 1 unspecified atom stereocenters. The number of Topliss-reactive ketones (excluding diaryl/α,β-unsaturated/α-hetero) is 1. The van der Waals surface area contributed by atoms with Crippen LogP contribution in [0, 0.1) is 5.82 Å². The Morgan fingerprint density at radius 2 is 1.91 bits per heavy atom. The van der Waals surface area contributed by atoms with Crippen LogP contribution in [0.5, 0.6) is 5.75 Å². The summed E-state index contributed by atoms with van der Waals surface area (Å²) in [5.41, 5.74) is 1.37. The third-order valence-corrected chi connectivity index (χ3v) is 7.01. The lowest BCUT2D eigenvalue weighted by atomic mass is 9.95. The van der Waals surface area contributed by atoms with Crippen molar-refractivity contribution in [3.8, 4) is 5.75 Å². The van der Waals surface area contributed by atoms with Gasteiger partial charge in [-0.2, -0.15) is 0 Å². The van der Waals surface area contributed by atoms with Crippen LogP contribution in [0.1, 0.15) is 17.2 Å². The molecule has 9 heteroatoms. The summed E-state index contributed by atoms with van der Waals surface area (Å²) in [5.74, 6) is -1.92. The number of thiazole rings is 1. The number of ether oxygens (including phenoxy) is 1. The highest BCUT2D eigenvalue weighted by Gasteiger charge is 2.48. The molecule has 34 heavy (non-hydrogen) atoms. The van der Waals surface area contributed by atoms with E-state index in [0.29, 0.717) is 27.1 Å². The first-order valence-corrected chi connectivity index (χ1v) is 11.8. The van der Waals surface area contributed by atoms with Gasteiger partial charge < -0.3 is 9.84 Å². The maximum atomic E-state index is 13.8. The minimum absolute atomic E-state index is 0.0678. The lowest BCUT2D eigenvalue weighted by Crippen LogP contribution is -2.29. The summed E-state index contributed by atoms with van der Waals surface area (Å²) in [7, 11) is 1.50. The van der Waals surface area contributed by atoms with Gasteiger partial charge in [0.1, 0.15) is 17.3 Å². The number of aliphatic hydroxyl groups is 1. The molecule has 0 saturated carbocycles. The predicted octanol–water partition coefficient (Wildman–Crippen LogP) is 5.83. The van der Waals surface area contributed by atoms with Crippen molar-refractivity contribution in [1.82, 2.24) is 4.98 Å². The van der Waals surface area contributed by atoms with Gasteiger partial charge in [-0.05, 0) is 48.0 Å². The van der Waals surface area contributed by atoms with E-state index in [-0.39, 0.29) is 16.5 Å². The molecule has 0 spiro atoms. The highest BCUT2D eigenvalue weighted by atomic mass is 79.9. The van der Waals surface area contributed by atoms with E-state index < -0.39 is 23.5 Å². The predicted molar refractivity (Wildman–Crippen MR) is 131 cm³/mol. The molecule has 4 aromatic rings. The third-order valence-electron chi connectivity index (χ3n) is 5.50. The Kier molecular flexibility index (Phi) is 5.66. The van der Waals surface area contributed by atoms with E-state index in [0.717, 1.165) is 15.8 Å². The second-order valence-electron chi connectivity index (χ2n) is 7.56. The zero-order valence-corrected chi connectivity index (χ0v) is 20.1. The fourth-order valence-electron chi connectivity index (χ4n) is 3.94. The summed E-state index contributed by atoms with van der Waals surface area (Å²) >= 11 is 4.53. The summed E-state index contributed by atoms with van der Waals surface area (Å²) in [4.78, 5) is 32.3. The van der Waals surface area contributed by atoms with Crippen LogP contribution in [-0.4, -0.2) is 28.9 Å². The van der Waals surface area contributed by atoms with Crippen LogP contribution < -0.4 is 9.64 Å². The van der Waals surface area contributed by atoms with Gasteiger partial charge in [0, 0.05) is 10.0 Å². The van der Waals surface area contributed by atoms with Crippen molar-refractivity contribution in [2.75, 3.05) is 12.0 Å². The van der Waals surface area contributed by atoms with Crippen LogP contribution in [0.3, 0.4) is 0 Å². The van der Waals surface area contributed by atoms with Gasteiger partial charge in [0.25, 0.3) is 5.78 Å². The number of aromatic nitrogens is 1. The number of nitrogens with zero attached hydrogens (tertiary/aromatic N) is 2. The van der Waals surface area contributed by atoms with E-state index in [1.165, 1.54) is 30.2 Å². The summed E-state index contributed by atoms with van der Waals surface area (Å²) in [6, 6.07) is 16.9. The maximum Gasteiger partial charge on any atom is 0.301 e. The summed E-state index contributed by atoms with van der Waals surface area (Å²) < 4.78 is 20.3. The Labute approximate surface area is 206 Å². The van der Waals surface area contributed by atoms with Crippen LogP contribution >= 0.6 is 27.3 Å². The average Bonchev–Trinajstić information content (AvgIpc) is 3.36. The van der Waals surface area contributed by atoms with Gasteiger partial charge in [0.15, 0.2) is 5.13 Å². The number of amides is 1. The van der Waals surface area contributed by atoms with Crippen LogP contribution in [0.15, 0.2) is 76.8 Å². The Hall–Kier alpha value is -3.56. The van der Waals surface area contributed by atoms with E-state index in [2.05, 4.69) is 20.9 Å². The number of ketones is 1. The van der Waals surface area contributed by atoms with Crippen molar-refractivity contribution in [3.63, 3.8) is 0 Å². The van der Waals surface area contributed by atoms with Gasteiger partial charge >= 0.3 is 5.91 Å². The van der Waals surface area contributed by atoms with E-state index in [4.69, 9.17) is 4.74 Å². The SMILES string of the molecule is COc1cccc(/C(O)=C2\C(=O)C(=O)N(c3nc4ccc(F)cc4s3)C2c2cccc(Br)c2)c1. The molecule has 0 aliphatic carbocycles. The molecular formula is C25H16BrFN2O4S. The Bertz CT molecular complexity index is 1500. The molecule has 1 atom stereocenters. The highest BCUT2D eigenvalue weighted by molar-refractivity contribution is 9.10. The average molecular weight is 539 g/mol. The normalized spacial score (nSPS) is 17.5. The molecule has 1 N–H and O–H groups in total. The summed E-state index contributed by atoms with van der Waals surface area (Å²) in [5, 5.41) is 11.5. The Balaban J connectivity index is 1.74. The van der Waals surface area contributed by atoms with E-state index in [1.54, 1.807) is 42.5 Å². The van der Waals surface area contributed by atoms with Gasteiger partial charge in [0.2, 0.25) is 0 Å². The minimum atomic E-state index is -0.936. The van der Waals surface area contributed by atoms with Crippen LogP contribution in [0.4, 0.5) is 9.52 Å². The van der Waals surface area contributed by atoms with Crippen molar-refractivity contribution >= 4 is 60.1 Å². The monoisotopic (exact) mass is 538 g/mol. The van der Waals surface area contributed by atoms with E-state index >= 15 is 0 Å². The lowest BCUT2D eigenvalue weighted by molar-refractivity contribution is -0.132. The molecule has 1 aliphatic heterocycles. The zero-order chi connectivity index (χ0) is 24.0. The Morgan fingerprint density at radius 3 is 2.68 bits per heavy atom. The molecule has 1 aliphatic rings. The number of methoxy groups -OCH3 is 1. The first-order chi connectivity index (χ1) is 16.4.